The Morgan fingerprint density at radius 3 is 1.60 bits per heavy atom. The smallest absolute Gasteiger partial charge is 0.296 e. The molecule has 0 saturated heterocycles. The van der Waals surface area contributed by atoms with Crippen molar-refractivity contribution in [2.45, 2.75) is 10.8 Å². The van der Waals surface area contributed by atoms with Crippen molar-refractivity contribution >= 4 is 45.9 Å². The van der Waals surface area contributed by atoms with Gasteiger partial charge in [0.2, 0.25) is 5.30 Å². The van der Waals surface area contributed by atoms with Crippen LogP contribution < -0.4 is 26.8 Å². The molecule has 0 amide bonds. The number of thioether (sulfide) groups is 1. The Morgan fingerprint density at radius 2 is 1.14 bits per heavy atom. The predicted molar refractivity (Wildman–Crippen MR) is 178 cm³/mol. The Balaban J connectivity index is 1.66. The maximum absolute atomic E-state index is 14.6. The van der Waals surface area contributed by atoms with Crippen molar-refractivity contribution in [3.63, 3.8) is 0 Å². The molecule has 8 heteroatoms. The minimum Gasteiger partial charge on any atom is -0.303 e. The fourth-order valence-corrected chi connectivity index (χ4v) is 10.9. The molecule has 6 rings (SSSR count). The normalized spacial score (nSPS) is 11.3. The third kappa shape index (κ3) is 5.65. The highest BCUT2D eigenvalue weighted by Gasteiger charge is 2.52. The zero-order valence-corrected chi connectivity index (χ0v) is 24.7. The summed E-state index contributed by atoms with van der Waals surface area (Å²) >= 11 is 1.53. The summed E-state index contributed by atoms with van der Waals surface area (Å²) in [6.07, 6.45) is 0. The second-order valence-electron chi connectivity index (χ2n) is 9.82. The number of nitro benzene ring substituents is 1. The average Bonchev–Trinajstić information content (AvgIpc) is 3.07. The summed E-state index contributed by atoms with van der Waals surface area (Å²) in [5, 5.41) is 15.7. The van der Waals surface area contributed by atoms with Gasteiger partial charge < -0.3 is 4.98 Å². The maximum Gasteiger partial charge on any atom is 0.296 e. The fraction of sp³-hybridized carbons (Fsp3) is 0.0286. The van der Waals surface area contributed by atoms with Crippen molar-refractivity contribution in [1.29, 1.82) is 0 Å². The highest BCUT2D eigenvalue weighted by molar-refractivity contribution is 8.04. The monoisotopic (exact) mass is 600 g/mol. The molecule has 210 valence electrons. The summed E-state index contributed by atoms with van der Waals surface area (Å²) in [4.78, 5) is 33.6. The molecule has 0 radical (unpaired) electrons. The molecule has 0 aliphatic rings. The van der Waals surface area contributed by atoms with Crippen LogP contribution in [0.1, 0.15) is 5.56 Å². The van der Waals surface area contributed by atoms with Gasteiger partial charge in [-0.3, -0.25) is 14.9 Å². The van der Waals surface area contributed by atoms with E-state index in [-0.39, 0.29) is 11.2 Å². The number of nitro groups is 1. The van der Waals surface area contributed by atoms with Gasteiger partial charge in [0, 0.05) is 23.4 Å². The lowest BCUT2D eigenvalue weighted by atomic mass is 10.2. The number of aromatic nitrogens is 2. The SMILES string of the molecule is O=c1[nH]c(-c2ccc([N+](=O)[O-])cc2)nc(SCc2ccccc2)c1[P+](c1ccccc1)(c1ccccc1)c1ccccc1. The molecule has 5 aromatic carbocycles. The van der Waals surface area contributed by atoms with Crippen LogP contribution in [0.15, 0.2) is 155 Å². The van der Waals surface area contributed by atoms with Gasteiger partial charge in [0.05, 0.1) is 4.92 Å². The van der Waals surface area contributed by atoms with E-state index >= 15 is 0 Å². The number of non-ortho nitro benzene ring substituents is 1. The summed E-state index contributed by atoms with van der Waals surface area (Å²) in [5.41, 5.74) is 1.45. The lowest BCUT2D eigenvalue weighted by Gasteiger charge is -2.28. The van der Waals surface area contributed by atoms with Crippen LogP contribution in [0.25, 0.3) is 11.4 Å². The van der Waals surface area contributed by atoms with E-state index in [0.717, 1.165) is 21.5 Å². The van der Waals surface area contributed by atoms with Crippen molar-refractivity contribution in [3.8, 4) is 11.4 Å². The Kier molecular flexibility index (Phi) is 8.27. The molecule has 0 fully saturated rings. The third-order valence-electron chi connectivity index (χ3n) is 7.20. The molecule has 1 heterocycles. The van der Waals surface area contributed by atoms with Crippen LogP contribution in [0.4, 0.5) is 5.69 Å². The fourth-order valence-electron chi connectivity index (χ4n) is 5.24. The molecule has 0 atom stereocenters. The van der Waals surface area contributed by atoms with Gasteiger partial charge in [-0.05, 0) is 54.1 Å². The van der Waals surface area contributed by atoms with Crippen LogP contribution in [0, 0.1) is 10.1 Å². The summed E-state index contributed by atoms with van der Waals surface area (Å²) in [6.45, 7) is 0. The topological polar surface area (TPSA) is 88.9 Å². The number of aromatic amines is 1. The van der Waals surface area contributed by atoms with Gasteiger partial charge in [-0.15, -0.1) is 0 Å². The van der Waals surface area contributed by atoms with E-state index in [9.17, 15) is 14.9 Å². The number of nitrogens with one attached hydrogen (secondary N) is 1. The largest absolute Gasteiger partial charge is 0.303 e. The number of hydrogen-bond donors (Lipinski definition) is 1. The first-order chi connectivity index (χ1) is 21.1. The Labute approximate surface area is 254 Å². The van der Waals surface area contributed by atoms with Gasteiger partial charge >= 0.3 is 0 Å². The second-order valence-corrected chi connectivity index (χ2v) is 14.1. The van der Waals surface area contributed by atoms with Crippen LogP contribution in [-0.4, -0.2) is 14.9 Å². The van der Waals surface area contributed by atoms with E-state index in [0.29, 0.717) is 27.5 Å². The van der Waals surface area contributed by atoms with Crippen LogP contribution in [0.5, 0.6) is 0 Å². The van der Waals surface area contributed by atoms with Gasteiger partial charge in [-0.2, -0.15) is 0 Å². The van der Waals surface area contributed by atoms with E-state index in [1.54, 1.807) is 12.1 Å². The highest BCUT2D eigenvalue weighted by atomic mass is 32.2. The Morgan fingerprint density at radius 1 is 0.674 bits per heavy atom. The minimum atomic E-state index is -2.75. The molecular formula is C35H27N3O3PS+. The van der Waals surface area contributed by atoms with Crippen LogP contribution in [0.2, 0.25) is 0 Å². The molecule has 0 unspecified atom stereocenters. The zero-order chi connectivity index (χ0) is 29.6. The molecule has 0 aliphatic carbocycles. The van der Waals surface area contributed by atoms with Gasteiger partial charge in [0.15, 0.2) is 7.26 Å². The summed E-state index contributed by atoms with van der Waals surface area (Å²) in [7, 11) is -2.75. The molecule has 6 aromatic rings. The Bertz CT molecular complexity index is 1810. The van der Waals surface area contributed by atoms with Gasteiger partial charge in [0.1, 0.15) is 26.8 Å². The lowest BCUT2D eigenvalue weighted by molar-refractivity contribution is -0.384. The molecule has 0 spiro atoms. The van der Waals surface area contributed by atoms with Gasteiger partial charge in [-0.25, -0.2) is 4.98 Å². The molecule has 0 saturated carbocycles. The molecule has 0 bridgehead atoms. The zero-order valence-electron chi connectivity index (χ0n) is 23.0. The maximum atomic E-state index is 14.6. The highest BCUT2D eigenvalue weighted by Crippen LogP contribution is 2.55. The van der Waals surface area contributed by atoms with E-state index in [1.165, 1.54) is 23.9 Å². The summed E-state index contributed by atoms with van der Waals surface area (Å²) in [6, 6.07) is 46.8. The van der Waals surface area contributed by atoms with Gasteiger partial charge in [-0.1, -0.05) is 96.7 Å². The standard InChI is InChI=1S/C35H26N3O3PS/c39-34-32(42(29-15-7-2-8-16-29,30-17-9-3-10-18-30)31-19-11-4-12-20-31)35(43-25-26-13-5-1-6-14-26)37-33(36-34)27-21-23-28(24-22-27)38(40)41/h1-24H,25H2/p+1. The third-order valence-corrected chi connectivity index (χ3v) is 12.7. The van der Waals surface area contributed by atoms with Crippen LogP contribution in [0.3, 0.4) is 0 Å². The van der Waals surface area contributed by atoms with E-state index in [4.69, 9.17) is 4.98 Å². The number of rotatable bonds is 9. The van der Waals surface area contributed by atoms with Crippen LogP contribution in [-0.2, 0) is 5.75 Å². The van der Waals surface area contributed by atoms with E-state index < -0.39 is 12.2 Å². The van der Waals surface area contributed by atoms with Crippen molar-refractivity contribution in [1.82, 2.24) is 9.97 Å². The quantitative estimate of drug-likeness (QED) is 0.0696. The van der Waals surface area contributed by atoms with Crippen molar-refractivity contribution in [2.24, 2.45) is 0 Å². The lowest BCUT2D eigenvalue weighted by Crippen LogP contribution is -2.46. The molecule has 0 aliphatic heterocycles. The first kappa shape index (κ1) is 28.3. The van der Waals surface area contributed by atoms with Gasteiger partial charge in [0.25, 0.3) is 11.2 Å². The van der Waals surface area contributed by atoms with Crippen molar-refractivity contribution in [3.05, 3.63) is 172 Å². The van der Waals surface area contributed by atoms with E-state index in [1.807, 2.05) is 72.8 Å². The number of hydrogen-bond acceptors (Lipinski definition) is 5. The minimum absolute atomic E-state index is 0.0245. The van der Waals surface area contributed by atoms with Crippen LogP contribution >= 0.6 is 19.0 Å². The Hall–Kier alpha value is -4.84. The summed E-state index contributed by atoms with van der Waals surface area (Å²) in [5.74, 6) is 0.981. The second kappa shape index (κ2) is 12.6. The molecule has 6 nitrogen and oxygen atoms in total. The number of nitrogens with zero attached hydrogens (tertiary/aromatic N) is 2. The number of H-pyrrole nitrogens is 1. The molecule has 43 heavy (non-hydrogen) atoms. The molecule has 1 aromatic heterocycles. The molecule has 1 N–H and O–H groups in total. The number of benzene rings is 5. The summed E-state index contributed by atoms with van der Waals surface area (Å²) < 4.78 is 0. The predicted octanol–water partition coefficient (Wildman–Crippen LogP) is 6.26. The van der Waals surface area contributed by atoms with E-state index in [2.05, 4.69) is 53.5 Å². The first-order valence-electron chi connectivity index (χ1n) is 13.7. The van der Waals surface area contributed by atoms with Crippen molar-refractivity contribution in [2.75, 3.05) is 0 Å². The first-order valence-corrected chi connectivity index (χ1v) is 16.5. The average molecular weight is 601 g/mol. The van der Waals surface area contributed by atoms with Crippen molar-refractivity contribution < 1.29 is 4.92 Å². The molecular weight excluding hydrogens is 573 g/mol.